The van der Waals surface area contributed by atoms with Gasteiger partial charge in [0.15, 0.2) is 5.69 Å². The summed E-state index contributed by atoms with van der Waals surface area (Å²) in [6.07, 6.45) is 6.68. The van der Waals surface area contributed by atoms with Gasteiger partial charge in [0.2, 0.25) is 5.91 Å². The quantitative estimate of drug-likeness (QED) is 0.0926. The molecule has 3 amide bonds. The minimum atomic E-state index is -1.25. The molecular weight excluding hydrogens is 865 g/mol. The molecule has 3 aromatic rings. The van der Waals surface area contributed by atoms with Crippen molar-refractivity contribution in [3.63, 3.8) is 0 Å². The Bertz CT molecular complexity index is 2230. The Kier molecular flexibility index (Phi) is 18.3. The van der Waals surface area contributed by atoms with E-state index in [1.165, 1.54) is 0 Å². The summed E-state index contributed by atoms with van der Waals surface area (Å²) in [4.78, 5) is 72.3. The topological polar surface area (TPSA) is 173 Å². The van der Waals surface area contributed by atoms with Crippen LogP contribution in [0, 0.1) is 23.7 Å². The highest BCUT2D eigenvalue weighted by molar-refractivity contribution is 5.99. The number of esters is 1. The maximum absolute atomic E-state index is 15.0. The predicted octanol–water partition coefficient (Wildman–Crippen LogP) is 8.47. The van der Waals surface area contributed by atoms with Crippen LogP contribution in [0.5, 0.6) is 11.5 Å². The van der Waals surface area contributed by atoms with E-state index in [2.05, 4.69) is 37.9 Å². The fourth-order valence-electron chi connectivity index (χ4n) is 10.4. The molecule has 15 nitrogen and oxygen atoms in total. The number of carbonyl (C=O) groups excluding carboxylic acids is 4. The molecule has 2 aliphatic carbocycles. The van der Waals surface area contributed by atoms with Crippen LogP contribution in [0.25, 0.3) is 16.9 Å². The Labute approximate surface area is 404 Å². The van der Waals surface area contributed by atoms with Crippen molar-refractivity contribution in [2.24, 2.45) is 23.7 Å². The second-order valence-electron chi connectivity index (χ2n) is 20.6. The number of hydrogen-bond donors (Lipinski definition) is 2. The number of aromatic nitrogens is 2. The van der Waals surface area contributed by atoms with E-state index in [4.69, 9.17) is 24.4 Å². The van der Waals surface area contributed by atoms with Crippen molar-refractivity contribution in [3.8, 4) is 28.4 Å². The molecule has 5 atom stereocenters. The molecule has 0 aliphatic heterocycles. The molecule has 15 heteroatoms. The van der Waals surface area contributed by atoms with Crippen LogP contribution in [0.1, 0.15) is 145 Å². The number of carboxylic acids is 1. The number of benzene rings is 2. The first-order valence-corrected chi connectivity index (χ1v) is 24.5. The van der Waals surface area contributed by atoms with Crippen LogP contribution in [0.4, 0.5) is 0 Å². The second-order valence-corrected chi connectivity index (χ2v) is 20.6. The highest BCUT2D eigenvalue weighted by Crippen LogP contribution is 2.52. The highest BCUT2D eigenvalue weighted by Gasteiger charge is 2.58. The molecule has 5 unspecified atom stereocenters. The first-order valence-electron chi connectivity index (χ1n) is 24.5. The van der Waals surface area contributed by atoms with Gasteiger partial charge in [-0.05, 0) is 157 Å². The van der Waals surface area contributed by atoms with Crippen LogP contribution in [0.3, 0.4) is 0 Å². The molecular formula is C53H78N6O9. The summed E-state index contributed by atoms with van der Waals surface area (Å²) in [7, 11) is 8.72. The highest BCUT2D eigenvalue weighted by atomic mass is 16.6. The van der Waals surface area contributed by atoms with Crippen molar-refractivity contribution in [2.45, 2.75) is 130 Å². The Morgan fingerprint density at radius 2 is 1.51 bits per heavy atom. The van der Waals surface area contributed by atoms with Crippen LogP contribution in [-0.4, -0.2) is 132 Å². The third-order valence-electron chi connectivity index (χ3n) is 14.0. The van der Waals surface area contributed by atoms with Crippen molar-refractivity contribution in [3.05, 3.63) is 59.3 Å². The molecule has 68 heavy (non-hydrogen) atoms. The van der Waals surface area contributed by atoms with Crippen LogP contribution >= 0.6 is 0 Å². The standard InChI is InChI=1S/C53H78N6O9/c1-13-36-29-37-28-35(4)53(39(30-36)31-37,51(65)68-52(5,6)7)54-49(63)41-33-43(48-44(66-11)18-14-19-45(48)67-12)59(55-41)42-23-22-38(32-40(42)34(2)3)50(64)58(10)27-17-25-56(8)24-16-26-57(9)46(60)20-15-21-47(61)62/h14,18-19,22-23,32-37,39H,13,15-17,20-21,24-31H2,1-12H3,(H,54,63)(H,61,62). The van der Waals surface area contributed by atoms with Crippen molar-refractivity contribution in [1.29, 1.82) is 0 Å². The van der Waals surface area contributed by atoms with Gasteiger partial charge >= 0.3 is 11.9 Å². The average molecular weight is 943 g/mol. The minimum Gasteiger partial charge on any atom is -0.496 e. The molecule has 2 bridgehead atoms. The van der Waals surface area contributed by atoms with E-state index >= 15 is 0 Å². The zero-order valence-corrected chi connectivity index (χ0v) is 42.8. The number of amides is 3. The predicted molar refractivity (Wildman–Crippen MR) is 263 cm³/mol. The van der Waals surface area contributed by atoms with E-state index in [1.54, 1.807) is 54.9 Å². The van der Waals surface area contributed by atoms with Crippen LogP contribution in [0.2, 0.25) is 0 Å². The van der Waals surface area contributed by atoms with Crippen LogP contribution < -0.4 is 14.8 Å². The van der Waals surface area contributed by atoms with Crippen molar-refractivity contribution in [1.82, 2.24) is 29.8 Å². The first kappa shape index (κ1) is 53.5. The maximum Gasteiger partial charge on any atom is 0.332 e. The molecule has 2 aliphatic rings. The van der Waals surface area contributed by atoms with E-state index in [1.807, 2.05) is 58.2 Å². The number of ether oxygens (including phenoxy) is 3. The van der Waals surface area contributed by atoms with E-state index in [0.29, 0.717) is 65.4 Å². The van der Waals surface area contributed by atoms with Gasteiger partial charge in [0.25, 0.3) is 11.8 Å². The van der Waals surface area contributed by atoms with E-state index in [9.17, 15) is 24.0 Å². The van der Waals surface area contributed by atoms with Crippen LogP contribution in [0.15, 0.2) is 42.5 Å². The molecule has 5 rings (SSSR count). The SMILES string of the molecule is CCC1CC2CC(C)C(NC(=O)c3cc(-c4c(OC)cccc4OC)n(-c4ccc(C(=O)N(C)CCCN(C)CCCN(C)C(=O)CCCC(=O)O)cc4C(C)C)n3)(C(=O)OC(C)(C)C)C(C1)C2. The number of methoxy groups -OCH3 is 2. The fraction of sp³-hybridized carbons (Fsp3) is 0.623. The van der Waals surface area contributed by atoms with Crippen LogP contribution in [-0.2, 0) is 19.1 Å². The maximum atomic E-state index is 15.0. The van der Waals surface area contributed by atoms with Gasteiger partial charge in [-0.3, -0.25) is 19.2 Å². The zero-order valence-electron chi connectivity index (χ0n) is 42.8. The number of fused-ring (bicyclic) bond motifs is 2. The van der Waals surface area contributed by atoms with Gasteiger partial charge in [0.1, 0.15) is 22.6 Å². The second kappa shape index (κ2) is 23.2. The number of rotatable bonds is 22. The van der Waals surface area contributed by atoms with E-state index < -0.39 is 29.0 Å². The normalized spacial score (nSPS) is 20.2. The summed E-state index contributed by atoms with van der Waals surface area (Å²) < 4.78 is 19.7. The molecule has 0 spiro atoms. The monoisotopic (exact) mass is 943 g/mol. The zero-order chi connectivity index (χ0) is 50.1. The summed E-state index contributed by atoms with van der Waals surface area (Å²) in [5.41, 5.74) is 1.25. The van der Waals surface area contributed by atoms with Crippen molar-refractivity contribution < 1.29 is 43.3 Å². The first-order chi connectivity index (χ1) is 32.1. The Morgan fingerprint density at radius 1 is 0.868 bits per heavy atom. The average Bonchev–Trinajstić information content (AvgIpc) is 3.73. The molecule has 1 heterocycles. The third kappa shape index (κ3) is 12.8. The molecule has 0 radical (unpaired) electrons. The molecule has 2 fully saturated rings. The largest absolute Gasteiger partial charge is 0.496 e. The molecule has 1 aromatic heterocycles. The summed E-state index contributed by atoms with van der Waals surface area (Å²) in [6, 6.07) is 12.8. The summed E-state index contributed by atoms with van der Waals surface area (Å²) in [5.74, 6) is -0.322. The lowest BCUT2D eigenvalue weighted by atomic mass is 9.55. The van der Waals surface area contributed by atoms with E-state index in [-0.39, 0.29) is 48.1 Å². The Hall–Kier alpha value is -5.44. The lowest BCUT2D eigenvalue weighted by Crippen LogP contribution is -2.68. The number of nitrogens with zero attached hydrogens (tertiary/aromatic N) is 5. The lowest BCUT2D eigenvalue weighted by Gasteiger charge is -2.53. The summed E-state index contributed by atoms with van der Waals surface area (Å²) in [6.45, 7) is 16.6. The number of carboxylic acid groups (broad SMARTS) is 1. The lowest BCUT2D eigenvalue weighted by molar-refractivity contribution is -0.173. The minimum absolute atomic E-state index is 0.0144. The Morgan fingerprint density at radius 3 is 2.10 bits per heavy atom. The van der Waals surface area contributed by atoms with Gasteiger partial charge < -0.3 is 39.3 Å². The van der Waals surface area contributed by atoms with E-state index in [0.717, 1.165) is 63.6 Å². The van der Waals surface area contributed by atoms with Gasteiger partial charge in [0.05, 0.1) is 31.2 Å². The number of carbonyl (C=O) groups is 5. The van der Waals surface area contributed by atoms with Gasteiger partial charge in [0, 0.05) is 45.6 Å². The molecule has 374 valence electrons. The summed E-state index contributed by atoms with van der Waals surface area (Å²) >= 11 is 0. The van der Waals surface area contributed by atoms with Crippen molar-refractivity contribution >= 4 is 29.7 Å². The number of aliphatic carboxylic acids is 1. The van der Waals surface area contributed by atoms with Gasteiger partial charge in [-0.2, -0.15) is 5.10 Å². The molecule has 0 saturated heterocycles. The third-order valence-corrected chi connectivity index (χ3v) is 14.0. The molecule has 2 saturated carbocycles. The molecule has 2 aromatic carbocycles. The van der Waals surface area contributed by atoms with Gasteiger partial charge in [-0.15, -0.1) is 0 Å². The van der Waals surface area contributed by atoms with Crippen molar-refractivity contribution in [2.75, 3.05) is 61.5 Å². The summed E-state index contributed by atoms with van der Waals surface area (Å²) in [5, 5.41) is 17.2. The number of nitrogens with one attached hydrogen (secondary N) is 1. The number of hydrogen-bond acceptors (Lipinski definition) is 10. The smallest absolute Gasteiger partial charge is 0.332 e. The van der Waals surface area contributed by atoms with Gasteiger partial charge in [-0.1, -0.05) is 40.2 Å². The molecule has 2 N–H and O–H groups in total. The Balaban J connectivity index is 1.42. The van der Waals surface area contributed by atoms with Gasteiger partial charge in [-0.25, -0.2) is 9.48 Å². The fourth-order valence-corrected chi connectivity index (χ4v) is 10.4.